The topological polar surface area (TPSA) is 20.2 Å². The number of hydrogen-bond donors (Lipinski definition) is 1. The van der Waals surface area contributed by atoms with E-state index >= 15 is 0 Å². The van der Waals surface area contributed by atoms with Crippen LogP contribution in [0.4, 0.5) is 0 Å². The number of rotatable bonds is 1. The maximum absolute atomic E-state index is 8.36. The Bertz CT molecular complexity index is 21.5. The second-order valence-electron chi connectivity index (χ2n) is 1.26. The van der Waals surface area contributed by atoms with E-state index in [4.69, 9.17) is 5.11 Å². The molecule has 0 saturated heterocycles. The van der Waals surface area contributed by atoms with Crippen LogP contribution in [0.3, 0.4) is 0 Å². The summed E-state index contributed by atoms with van der Waals surface area (Å²) in [6.45, 7) is 3.73. The van der Waals surface area contributed by atoms with Crippen LogP contribution in [0, 0.1) is 0 Å². The van der Waals surface area contributed by atoms with Gasteiger partial charge in [0.25, 0.3) is 0 Å². The minimum atomic E-state index is -0.116. The van der Waals surface area contributed by atoms with E-state index in [2.05, 4.69) is 0 Å². The molecular weight excluding hydrogens is 197 g/mol. The first kappa shape index (κ1) is 10.9. The molecule has 0 aliphatic heterocycles. The quantitative estimate of drug-likeness (QED) is 0.649. The number of aliphatic hydroxyl groups excluding tert-OH is 1. The van der Waals surface area contributed by atoms with E-state index in [-0.39, 0.29) is 75.0 Å². The van der Waals surface area contributed by atoms with Crippen LogP contribution < -0.4 is 0 Å². The third-order valence-electron chi connectivity index (χ3n) is 0.591. The summed E-state index contributed by atoms with van der Waals surface area (Å²) < 4.78 is 0. The zero-order valence-corrected chi connectivity index (χ0v) is 3.73. The molecule has 1 atom stereocenters. The normalized spacial score (nSPS) is 12.5. The van der Waals surface area contributed by atoms with Crippen molar-refractivity contribution in [2.75, 3.05) is 0 Å². The molecule has 0 spiro atoms. The molecule has 0 aliphatic rings. The van der Waals surface area contributed by atoms with Crippen LogP contribution in [0.2, 0.25) is 0 Å². The van der Waals surface area contributed by atoms with Crippen LogP contribution in [-0.2, 0) is 0 Å². The zero-order valence-electron chi connectivity index (χ0n) is 3.73. The van der Waals surface area contributed by atoms with Gasteiger partial charge in [-0.1, -0.05) is 6.92 Å². The Morgan fingerprint density at radius 2 is 1.83 bits per heavy atom. The van der Waals surface area contributed by atoms with Crippen molar-refractivity contribution in [1.29, 1.82) is 0 Å². The van der Waals surface area contributed by atoms with Gasteiger partial charge in [0, 0.05) is 0 Å². The zero-order chi connectivity index (χ0) is 4.28. The summed E-state index contributed by atoms with van der Waals surface area (Å²) in [5.41, 5.74) is 0. The van der Waals surface area contributed by atoms with Crippen molar-refractivity contribution in [2.45, 2.75) is 26.4 Å². The molecule has 0 aromatic rings. The Kier molecular flexibility index (Phi) is 12.7. The fourth-order valence-corrected chi connectivity index (χ4v) is 0. The third kappa shape index (κ3) is 9.38. The van der Waals surface area contributed by atoms with Crippen molar-refractivity contribution in [3.63, 3.8) is 0 Å². The summed E-state index contributed by atoms with van der Waals surface area (Å²) in [6, 6.07) is 0. The molecule has 6 heavy (non-hydrogen) atoms. The van der Waals surface area contributed by atoms with Crippen LogP contribution in [0.1, 0.15) is 20.3 Å². The van der Waals surface area contributed by atoms with Gasteiger partial charge in [0.1, 0.15) is 0 Å². The summed E-state index contributed by atoms with van der Waals surface area (Å²) in [4.78, 5) is 0. The van der Waals surface area contributed by atoms with Gasteiger partial charge in [-0.05, 0) is 13.3 Å². The molecular formula is C4H11CsO. The summed E-state index contributed by atoms with van der Waals surface area (Å²) in [5, 5.41) is 8.36. The first-order valence-electron chi connectivity index (χ1n) is 1.95. The summed E-state index contributed by atoms with van der Waals surface area (Å²) in [7, 11) is 0. The van der Waals surface area contributed by atoms with Crippen molar-refractivity contribution >= 4 is 68.9 Å². The molecule has 0 amide bonds. The van der Waals surface area contributed by atoms with Crippen molar-refractivity contribution < 1.29 is 5.11 Å². The summed E-state index contributed by atoms with van der Waals surface area (Å²) in [6.07, 6.45) is 0.745. The second-order valence-corrected chi connectivity index (χ2v) is 1.26. The van der Waals surface area contributed by atoms with E-state index in [1.165, 1.54) is 0 Å². The van der Waals surface area contributed by atoms with Gasteiger partial charge in [0.2, 0.25) is 0 Å². The van der Waals surface area contributed by atoms with Gasteiger partial charge >= 0.3 is 68.9 Å². The van der Waals surface area contributed by atoms with E-state index in [9.17, 15) is 0 Å². The fourth-order valence-electron chi connectivity index (χ4n) is 0. The third-order valence-corrected chi connectivity index (χ3v) is 0.591. The Morgan fingerprint density at radius 3 is 1.83 bits per heavy atom. The first-order valence-corrected chi connectivity index (χ1v) is 1.95. The summed E-state index contributed by atoms with van der Waals surface area (Å²) >= 11 is 0. The van der Waals surface area contributed by atoms with E-state index in [1.54, 1.807) is 6.92 Å². The van der Waals surface area contributed by atoms with Gasteiger partial charge in [-0.3, -0.25) is 0 Å². The van der Waals surface area contributed by atoms with Crippen LogP contribution in [0.25, 0.3) is 0 Å². The van der Waals surface area contributed by atoms with Crippen LogP contribution in [0.5, 0.6) is 0 Å². The minimum absolute atomic E-state index is 0. The van der Waals surface area contributed by atoms with Gasteiger partial charge in [-0.15, -0.1) is 0 Å². The van der Waals surface area contributed by atoms with Crippen molar-refractivity contribution in [3.05, 3.63) is 0 Å². The van der Waals surface area contributed by atoms with E-state index < -0.39 is 0 Å². The molecule has 0 aliphatic carbocycles. The molecule has 1 unspecified atom stereocenters. The average Bonchev–Trinajstić information content (AvgIpc) is 1.38. The molecule has 0 aromatic heterocycles. The van der Waals surface area contributed by atoms with Gasteiger partial charge < -0.3 is 5.11 Å². The fraction of sp³-hybridized carbons (Fsp3) is 1.00. The monoisotopic (exact) mass is 208 g/mol. The Balaban J connectivity index is 0. The van der Waals surface area contributed by atoms with Crippen LogP contribution in [-0.4, -0.2) is 80.1 Å². The number of hydrogen-bond acceptors (Lipinski definition) is 1. The SMILES string of the molecule is CCC(C)O.[CsH]. The Morgan fingerprint density at radius 1 is 1.67 bits per heavy atom. The van der Waals surface area contributed by atoms with Crippen LogP contribution >= 0.6 is 0 Å². The summed E-state index contributed by atoms with van der Waals surface area (Å²) in [5.74, 6) is 0. The predicted octanol–water partition coefficient (Wildman–Crippen LogP) is 0.129. The van der Waals surface area contributed by atoms with Gasteiger partial charge in [0.15, 0.2) is 0 Å². The van der Waals surface area contributed by atoms with Gasteiger partial charge in [-0.25, -0.2) is 0 Å². The van der Waals surface area contributed by atoms with E-state index in [0.717, 1.165) is 6.42 Å². The molecule has 0 bridgehead atoms. The molecule has 1 nitrogen and oxygen atoms in total. The number of aliphatic hydroxyl groups is 1. The van der Waals surface area contributed by atoms with E-state index in [1.807, 2.05) is 6.92 Å². The molecule has 0 aromatic carbocycles. The molecule has 0 rings (SSSR count). The van der Waals surface area contributed by atoms with Crippen LogP contribution in [0.15, 0.2) is 0 Å². The molecule has 2 heteroatoms. The molecule has 1 N–H and O–H groups in total. The Hall–Kier alpha value is 2.01. The first-order chi connectivity index (χ1) is 2.27. The second kappa shape index (κ2) is 7.01. The maximum atomic E-state index is 8.36. The molecule has 0 saturated carbocycles. The van der Waals surface area contributed by atoms with Crippen molar-refractivity contribution in [2.24, 2.45) is 0 Å². The molecule has 0 radical (unpaired) electrons. The van der Waals surface area contributed by atoms with Crippen molar-refractivity contribution in [3.8, 4) is 0 Å². The van der Waals surface area contributed by atoms with Gasteiger partial charge in [-0.2, -0.15) is 0 Å². The standard InChI is InChI=1S/C4H10O.Cs.H/c1-3-4(2)5;;/h4-5H,3H2,1-2H3;;. The molecule has 0 fully saturated rings. The average molecular weight is 208 g/mol. The molecule has 34 valence electrons. The van der Waals surface area contributed by atoms with Gasteiger partial charge in [0.05, 0.1) is 6.10 Å². The van der Waals surface area contributed by atoms with E-state index in [0.29, 0.717) is 0 Å². The molecule has 0 heterocycles. The Labute approximate surface area is 97.9 Å². The van der Waals surface area contributed by atoms with Crippen molar-refractivity contribution in [1.82, 2.24) is 0 Å². The predicted molar refractivity (Wildman–Crippen MR) is 29.1 cm³/mol.